The highest BCUT2D eigenvalue weighted by Gasteiger charge is 2.11. The summed E-state index contributed by atoms with van der Waals surface area (Å²) in [6.45, 7) is 2.00. The Balaban J connectivity index is 2.28. The van der Waals surface area contributed by atoms with Crippen LogP contribution >= 0.6 is 11.3 Å². The molecule has 1 aromatic heterocycles. The van der Waals surface area contributed by atoms with Gasteiger partial charge in [-0.2, -0.15) is 0 Å². The first-order chi connectivity index (χ1) is 7.70. The molecule has 2 aromatic rings. The third-order valence-electron chi connectivity index (χ3n) is 2.35. The molecule has 2 rings (SSSR count). The number of ketones is 1. The Morgan fingerprint density at radius 1 is 1.25 bits per heavy atom. The molecule has 0 fully saturated rings. The van der Waals surface area contributed by atoms with Crippen molar-refractivity contribution in [1.82, 2.24) is 0 Å². The Morgan fingerprint density at radius 2 is 1.94 bits per heavy atom. The molecule has 1 aromatic carbocycles. The number of ether oxygens (including phenoxy) is 1. The molecule has 82 valence electrons. The number of carbonyl (C=O) groups excluding carboxylic acids is 1. The Kier molecular flexibility index (Phi) is 3.06. The summed E-state index contributed by atoms with van der Waals surface area (Å²) >= 11 is 1.41. The van der Waals surface area contributed by atoms with E-state index in [1.807, 2.05) is 36.6 Å². The third kappa shape index (κ3) is 2.14. The van der Waals surface area contributed by atoms with Gasteiger partial charge in [0.2, 0.25) is 5.78 Å². The minimum atomic E-state index is 0.0494. The van der Waals surface area contributed by atoms with Crippen molar-refractivity contribution in [3.63, 3.8) is 0 Å². The molecule has 0 atom stereocenters. The molecule has 3 heteroatoms. The van der Waals surface area contributed by atoms with E-state index in [1.54, 1.807) is 13.2 Å². The smallest absolute Gasteiger partial charge is 0.203 e. The first kappa shape index (κ1) is 10.9. The van der Waals surface area contributed by atoms with Gasteiger partial charge in [0.05, 0.1) is 12.0 Å². The van der Waals surface area contributed by atoms with Crippen molar-refractivity contribution in [3.8, 4) is 5.75 Å². The highest BCUT2D eigenvalue weighted by atomic mass is 32.1. The molecule has 0 saturated carbocycles. The summed E-state index contributed by atoms with van der Waals surface area (Å²) in [7, 11) is 1.60. The van der Waals surface area contributed by atoms with Gasteiger partial charge in [-0.3, -0.25) is 4.79 Å². The van der Waals surface area contributed by atoms with Gasteiger partial charge >= 0.3 is 0 Å². The number of aryl methyl sites for hydroxylation is 1. The number of hydrogen-bond acceptors (Lipinski definition) is 3. The second kappa shape index (κ2) is 4.49. The van der Waals surface area contributed by atoms with Crippen LogP contribution in [0.3, 0.4) is 0 Å². The Labute approximate surface area is 98.5 Å². The van der Waals surface area contributed by atoms with E-state index in [0.29, 0.717) is 4.88 Å². The zero-order valence-corrected chi connectivity index (χ0v) is 10.0. The Hall–Kier alpha value is -1.61. The minimum absolute atomic E-state index is 0.0494. The van der Waals surface area contributed by atoms with Gasteiger partial charge in [-0.1, -0.05) is 29.8 Å². The van der Waals surface area contributed by atoms with E-state index < -0.39 is 0 Å². The van der Waals surface area contributed by atoms with Crippen LogP contribution in [-0.4, -0.2) is 12.9 Å². The van der Waals surface area contributed by atoms with Crippen LogP contribution in [0.1, 0.15) is 20.8 Å². The molecular weight excluding hydrogens is 220 g/mol. The molecular formula is C13H12O2S. The van der Waals surface area contributed by atoms with Gasteiger partial charge in [-0.05, 0) is 6.92 Å². The number of benzene rings is 1. The van der Waals surface area contributed by atoms with Gasteiger partial charge in [-0.25, -0.2) is 0 Å². The predicted octanol–water partition coefficient (Wildman–Crippen LogP) is 3.30. The molecule has 0 unspecified atom stereocenters. The molecule has 16 heavy (non-hydrogen) atoms. The average molecular weight is 232 g/mol. The van der Waals surface area contributed by atoms with Crippen LogP contribution in [0.15, 0.2) is 35.7 Å². The van der Waals surface area contributed by atoms with E-state index in [0.717, 1.165) is 16.9 Å². The monoisotopic (exact) mass is 232 g/mol. The van der Waals surface area contributed by atoms with Crippen molar-refractivity contribution in [2.45, 2.75) is 6.92 Å². The maximum atomic E-state index is 12.0. The highest BCUT2D eigenvalue weighted by Crippen LogP contribution is 2.23. The van der Waals surface area contributed by atoms with E-state index in [1.165, 1.54) is 11.3 Å². The maximum Gasteiger partial charge on any atom is 0.203 e. The lowest BCUT2D eigenvalue weighted by Crippen LogP contribution is -1.97. The van der Waals surface area contributed by atoms with Crippen LogP contribution in [0.2, 0.25) is 0 Å². The minimum Gasteiger partial charge on any atom is -0.496 e. The standard InChI is InChI=1S/C13H12O2S/c1-9-3-5-10(6-4-9)13(14)12-7-11(15-2)8-16-12/h3-8H,1-2H3. The van der Waals surface area contributed by atoms with Crippen LogP contribution < -0.4 is 4.74 Å². The summed E-state index contributed by atoms with van der Waals surface area (Å²) in [5.74, 6) is 0.786. The van der Waals surface area contributed by atoms with Crippen molar-refractivity contribution in [1.29, 1.82) is 0 Å². The lowest BCUT2D eigenvalue weighted by molar-refractivity contribution is 0.104. The van der Waals surface area contributed by atoms with Gasteiger partial charge in [0.25, 0.3) is 0 Å². The molecule has 0 amide bonds. The Morgan fingerprint density at radius 3 is 2.50 bits per heavy atom. The summed E-state index contributed by atoms with van der Waals surface area (Å²) in [4.78, 5) is 12.8. The van der Waals surface area contributed by atoms with Crippen molar-refractivity contribution in [2.24, 2.45) is 0 Å². The zero-order valence-electron chi connectivity index (χ0n) is 9.19. The van der Waals surface area contributed by atoms with Crippen LogP contribution in [0, 0.1) is 6.92 Å². The lowest BCUT2D eigenvalue weighted by Gasteiger charge is -1.98. The third-order valence-corrected chi connectivity index (χ3v) is 3.26. The molecule has 0 radical (unpaired) electrons. The quantitative estimate of drug-likeness (QED) is 0.759. The molecule has 2 nitrogen and oxygen atoms in total. The van der Waals surface area contributed by atoms with Crippen LogP contribution in [-0.2, 0) is 0 Å². The van der Waals surface area contributed by atoms with Crippen LogP contribution in [0.5, 0.6) is 5.75 Å². The van der Waals surface area contributed by atoms with Gasteiger partial charge in [0, 0.05) is 17.0 Å². The van der Waals surface area contributed by atoms with Gasteiger partial charge in [0.1, 0.15) is 5.75 Å². The number of rotatable bonds is 3. The first-order valence-electron chi connectivity index (χ1n) is 4.94. The predicted molar refractivity (Wildman–Crippen MR) is 65.5 cm³/mol. The van der Waals surface area contributed by atoms with Gasteiger partial charge < -0.3 is 4.74 Å². The topological polar surface area (TPSA) is 26.3 Å². The first-order valence-corrected chi connectivity index (χ1v) is 5.82. The number of carbonyl (C=O) groups is 1. The van der Waals surface area contributed by atoms with Crippen molar-refractivity contribution in [3.05, 3.63) is 51.7 Å². The van der Waals surface area contributed by atoms with Gasteiger partial charge in [-0.15, -0.1) is 11.3 Å². The second-order valence-electron chi connectivity index (χ2n) is 3.55. The van der Waals surface area contributed by atoms with E-state index in [-0.39, 0.29) is 5.78 Å². The largest absolute Gasteiger partial charge is 0.496 e. The molecule has 0 bridgehead atoms. The summed E-state index contributed by atoms with van der Waals surface area (Å²) < 4.78 is 5.06. The number of thiophene rings is 1. The molecule has 0 aliphatic carbocycles. The molecule has 0 N–H and O–H groups in total. The summed E-state index contributed by atoms with van der Waals surface area (Å²) in [5, 5.41) is 1.83. The Bertz CT molecular complexity index is 497. The van der Waals surface area contributed by atoms with Crippen LogP contribution in [0.4, 0.5) is 0 Å². The molecule has 1 heterocycles. The fourth-order valence-electron chi connectivity index (χ4n) is 1.39. The second-order valence-corrected chi connectivity index (χ2v) is 4.46. The van der Waals surface area contributed by atoms with E-state index in [2.05, 4.69) is 0 Å². The van der Waals surface area contributed by atoms with Crippen molar-refractivity contribution >= 4 is 17.1 Å². The molecule has 0 saturated heterocycles. The average Bonchev–Trinajstić information content (AvgIpc) is 2.77. The van der Waals surface area contributed by atoms with E-state index in [4.69, 9.17) is 4.74 Å². The summed E-state index contributed by atoms with van der Waals surface area (Å²) in [6.07, 6.45) is 0. The fourth-order valence-corrected chi connectivity index (χ4v) is 2.21. The fraction of sp³-hybridized carbons (Fsp3) is 0.154. The van der Waals surface area contributed by atoms with Gasteiger partial charge in [0.15, 0.2) is 0 Å². The maximum absolute atomic E-state index is 12.0. The summed E-state index contributed by atoms with van der Waals surface area (Å²) in [5.41, 5.74) is 1.87. The van der Waals surface area contributed by atoms with E-state index >= 15 is 0 Å². The highest BCUT2D eigenvalue weighted by molar-refractivity contribution is 7.12. The summed E-state index contributed by atoms with van der Waals surface area (Å²) in [6, 6.07) is 9.36. The molecule has 0 spiro atoms. The molecule has 0 aliphatic rings. The lowest BCUT2D eigenvalue weighted by atomic mass is 10.1. The van der Waals surface area contributed by atoms with Crippen molar-refractivity contribution < 1.29 is 9.53 Å². The number of methoxy groups -OCH3 is 1. The zero-order chi connectivity index (χ0) is 11.5. The SMILES string of the molecule is COc1csc(C(=O)c2ccc(C)cc2)c1. The van der Waals surface area contributed by atoms with Crippen LogP contribution in [0.25, 0.3) is 0 Å². The molecule has 0 aliphatic heterocycles. The van der Waals surface area contributed by atoms with E-state index in [9.17, 15) is 4.79 Å². The van der Waals surface area contributed by atoms with Crippen molar-refractivity contribution in [2.75, 3.05) is 7.11 Å². The normalized spacial score (nSPS) is 10.1. The number of hydrogen-bond donors (Lipinski definition) is 0.